The van der Waals surface area contributed by atoms with Gasteiger partial charge in [0.25, 0.3) is 0 Å². The van der Waals surface area contributed by atoms with E-state index < -0.39 is 0 Å². The number of rotatable bonds is 37. The van der Waals surface area contributed by atoms with Crippen molar-refractivity contribution in [2.24, 2.45) is 0 Å². The van der Waals surface area contributed by atoms with Gasteiger partial charge in [0.05, 0.1) is 118 Å². The summed E-state index contributed by atoms with van der Waals surface area (Å²) in [6.45, 7) is 16.0. The minimum atomic E-state index is 0.234. The first-order valence-corrected chi connectivity index (χ1v) is 17.7. The van der Waals surface area contributed by atoms with Gasteiger partial charge in [0, 0.05) is 0 Å². The molecule has 0 aliphatic carbocycles. The number of benzene rings is 1. The van der Waals surface area contributed by atoms with Gasteiger partial charge in [-0.3, -0.25) is 0 Å². The highest BCUT2D eigenvalue weighted by Crippen LogP contribution is 2.15. The van der Waals surface area contributed by atoms with E-state index in [1.165, 1.54) is 50.5 Å². The van der Waals surface area contributed by atoms with Crippen LogP contribution >= 0.6 is 0 Å². The second-order valence-electron chi connectivity index (χ2n) is 11.2. The lowest BCUT2D eigenvalue weighted by molar-refractivity contribution is -0.0271. The molecule has 0 spiro atoms. The van der Waals surface area contributed by atoms with Gasteiger partial charge in [0.15, 0.2) is 0 Å². The van der Waals surface area contributed by atoms with Crippen molar-refractivity contribution < 1.29 is 47.4 Å². The molecule has 0 fully saturated rings. The van der Waals surface area contributed by atoms with Crippen molar-refractivity contribution in [3.8, 4) is 5.75 Å². The Morgan fingerprint density at radius 3 is 1.15 bits per heavy atom. The summed E-state index contributed by atoms with van der Waals surface area (Å²) in [6.07, 6.45) is 10.8. The van der Waals surface area contributed by atoms with Crippen LogP contribution in [0.4, 0.5) is 0 Å². The maximum Gasteiger partial charge on any atom is 0.119 e. The minimum absolute atomic E-state index is 0.234. The van der Waals surface area contributed by atoms with Crippen molar-refractivity contribution in [3.63, 3.8) is 0 Å². The second kappa shape index (κ2) is 35.0. The van der Waals surface area contributed by atoms with Crippen LogP contribution in [-0.2, 0) is 49.1 Å². The number of hydrogen-bond acceptors (Lipinski definition) is 10. The van der Waals surface area contributed by atoms with E-state index >= 15 is 0 Å². The van der Waals surface area contributed by atoms with E-state index in [1.54, 1.807) is 0 Å². The molecule has 0 aliphatic heterocycles. The first kappa shape index (κ1) is 42.7. The van der Waals surface area contributed by atoms with Crippen LogP contribution in [0, 0.1) is 0 Å². The molecule has 10 heteroatoms. The molecule has 0 saturated heterocycles. The van der Waals surface area contributed by atoms with Gasteiger partial charge in [-0.2, -0.15) is 0 Å². The van der Waals surface area contributed by atoms with Crippen molar-refractivity contribution in [1.29, 1.82) is 0 Å². The molecule has 1 aromatic carbocycles. The highest BCUT2D eigenvalue weighted by atomic mass is 16.6. The molecular weight excluding hydrogens is 592 g/mol. The molecule has 1 rings (SSSR count). The zero-order valence-corrected chi connectivity index (χ0v) is 29.4. The van der Waals surface area contributed by atoms with Gasteiger partial charge < -0.3 is 47.4 Å². The summed E-state index contributed by atoms with van der Waals surface area (Å²) < 4.78 is 55.1. The van der Waals surface area contributed by atoms with Crippen LogP contribution in [0.3, 0.4) is 0 Å². The molecular formula is C36H66O10. The number of aryl methyl sites for hydroxylation is 1. The molecule has 0 saturated carbocycles. The van der Waals surface area contributed by atoms with E-state index in [2.05, 4.69) is 31.2 Å². The molecule has 0 unspecified atom stereocenters. The third-order valence-corrected chi connectivity index (χ3v) is 6.77. The van der Waals surface area contributed by atoms with Crippen molar-refractivity contribution in [3.05, 3.63) is 29.8 Å². The van der Waals surface area contributed by atoms with Gasteiger partial charge in [-0.15, -0.1) is 0 Å². The number of ether oxygens (including phenoxy) is 10. The van der Waals surface area contributed by atoms with Crippen LogP contribution in [0.5, 0.6) is 5.75 Å². The lowest BCUT2D eigenvalue weighted by Crippen LogP contribution is -2.15. The molecule has 0 radical (unpaired) electrons. The summed E-state index contributed by atoms with van der Waals surface area (Å²) in [6, 6.07) is 8.46. The highest BCUT2D eigenvalue weighted by Gasteiger charge is 1.99. The van der Waals surface area contributed by atoms with Crippen LogP contribution in [0.15, 0.2) is 24.3 Å². The minimum Gasteiger partial charge on any atom is -0.491 e. The fraction of sp³-hybridized carbons (Fsp3) is 0.833. The van der Waals surface area contributed by atoms with Gasteiger partial charge in [-0.05, 0) is 44.4 Å². The zero-order valence-electron chi connectivity index (χ0n) is 29.4. The Hall–Kier alpha value is -1.34. The van der Waals surface area contributed by atoms with Crippen LogP contribution in [-0.4, -0.2) is 125 Å². The van der Waals surface area contributed by atoms with E-state index in [4.69, 9.17) is 47.4 Å². The van der Waals surface area contributed by atoms with Gasteiger partial charge in [-0.25, -0.2) is 0 Å². The average molecular weight is 659 g/mol. The predicted octanol–water partition coefficient (Wildman–Crippen LogP) is 5.92. The molecule has 0 aromatic heterocycles. The number of hydrogen-bond donors (Lipinski definition) is 0. The largest absolute Gasteiger partial charge is 0.491 e. The van der Waals surface area contributed by atoms with Crippen LogP contribution in [0.25, 0.3) is 0 Å². The van der Waals surface area contributed by atoms with E-state index in [0.29, 0.717) is 119 Å². The SMILES string of the molecule is CCCCCCCCCc1ccc(OCCOCCOCCOCCOCCOCCOCCOCCOCCOC(C)C)cc1. The smallest absolute Gasteiger partial charge is 0.119 e. The summed E-state index contributed by atoms with van der Waals surface area (Å²) in [4.78, 5) is 0. The maximum absolute atomic E-state index is 5.78. The second-order valence-corrected chi connectivity index (χ2v) is 11.2. The number of unbranched alkanes of at least 4 members (excludes halogenated alkanes) is 6. The topological polar surface area (TPSA) is 92.3 Å². The third-order valence-electron chi connectivity index (χ3n) is 6.77. The maximum atomic E-state index is 5.78. The summed E-state index contributed by atoms with van der Waals surface area (Å²) >= 11 is 0. The van der Waals surface area contributed by atoms with Crippen molar-refractivity contribution in [2.75, 3.05) is 119 Å². The molecule has 0 N–H and O–H groups in total. The standard InChI is InChI=1S/C36H66O10/c1-4-5-6-7-8-9-10-11-35-12-14-36(15-13-35)46-33-31-44-29-27-42-25-23-40-21-19-38-17-16-37-18-20-39-22-24-41-26-28-43-30-32-45-34(2)3/h12-15,34H,4-11,16-33H2,1-3H3. The summed E-state index contributed by atoms with van der Waals surface area (Å²) in [7, 11) is 0. The summed E-state index contributed by atoms with van der Waals surface area (Å²) in [5, 5.41) is 0. The lowest BCUT2D eigenvalue weighted by Gasteiger charge is -2.09. The van der Waals surface area contributed by atoms with E-state index in [9.17, 15) is 0 Å². The molecule has 0 bridgehead atoms. The van der Waals surface area contributed by atoms with Crippen molar-refractivity contribution in [1.82, 2.24) is 0 Å². The van der Waals surface area contributed by atoms with E-state index in [-0.39, 0.29) is 6.10 Å². The van der Waals surface area contributed by atoms with Crippen molar-refractivity contribution in [2.45, 2.75) is 78.2 Å². The van der Waals surface area contributed by atoms with E-state index in [0.717, 1.165) is 12.2 Å². The quantitative estimate of drug-likeness (QED) is 0.0803. The molecule has 1 aromatic rings. The summed E-state index contributed by atoms with van der Waals surface area (Å²) in [5.74, 6) is 0.890. The van der Waals surface area contributed by atoms with Gasteiger partial charge in [-0.1, -0.05) is 57.6 Å². The monoisotopic (exact) mass is 658 g/mol. The predicted molar refractivity (Wildman–Crippen MR) is 181 cm³/mol. The Morgan fingerprint density at radius 2 is 0.761 bits per heavy atom. The Balaban J connectivity index is 1.72. The van der Waals surface area contributed by atoms with Gasteiger partial charge >= 0.3 is 0 Å². The van der Waals surface area contributed by atoms with Crippen molar-refractivity contribution >= 4 is 0 Å². The lowest BCUT2D eigenvalue weighted by atomic mass is 10.0. The van der Waals surface area contributed by atoms with Gasteiger partial charge in [0.2, 0.25) is 0 Å². The molecule has 0 heterocycles. The molecule has 0 amide bonds. The fourth-order valence-electron chi connectivity index (χ4n) is 4.24. The Labute approximate surface area is 280 Å². The molecule has 0 aliphatic rings. The highest BCUT2D eigenvalue weighted by molar-refractivity contribution is 5.27. The molecule has 270 valence electrons. The fourth-order valence-corrected chi connectivity index (χ4v) is 4.24. The van der Waals surface area contributed by atoms with E-state index in [1.807, 2.05) is 13.8 Å². The third kappa shape index (κ3) is 31.3. The molecule has 46 heavy (non-hydrogen) atoms. The normalized spacial score (nSPS) is 11.6. The first-order valence-electron chi connectivity index (χ1n) is 17.7. The average Bonchev–Trinajstić information content (AvgIpc) is 3.06. The van der Waals surface area contributed by atoms with Crippen LogP contribution in [0.2, 0.25) is 0 Å². The van der Waals surface area contributed by atoms with Crippen LogP contribution in [0.1, 0.15) is 71.3 Å². The molecule has 0 atom stereocenters. The first-order chi connectivity index (χ1) is 22.7. The van der Waals surface area contributed by atoms with Crippen LogP contribution < -0.4 is 4.74 Å². The Morgan fingerprint density at radius 1 is 0.413 bits per heavy atom. The zero-order chi connectivity index (χ0) is 33.0. The van der Waals surface area contributed by atoms with Gasteiger partial charge in [0.1, 0.15) is 12.4 Å². The summed E-state index contributed by atoms with van der Waals surface area (Å²) in [5.41, 5.74) is 1.38. The molecule has 10 nitrogen and oxygen atoms in total. The Bertz CT molecular complexity index is 719. The Kier molecular flexibility index (Phi) is 32.5.